The van der Waals surface area contributed by atoms with Gasteiger partial charge in [0.1, 0.15) is 0 Å². The van der Waals surface area contributed by atoms with Crippen LogP contribution in [0.2, 0.25) is 0 Å². The van der Waals surface area contributed by atoms with Gasteiger partial charge in [0.05, 0.1) is 12.2 Å². The van der Waals surface area contributed by atoms with Crippen LogP contribution in [0.4, 0.5) is 0 Å². The van der Waals surface area contributed by atoms with Crippen molar-refractivity contribution < 1.29 is 4.74 Å². The van der Waals surface area contributed by atoms with Crippen LogP contribution in [0.5, 0.6) is 0 Å². The van der Waals surface area contributed by atoms with Crippen LogP contribution in [0.15, 0.2) is 11.6 Å². The molecule has 0 unspecified atom stereocenters. The van der Waals surface area contributed by atoms with Gasteiger partial charge in [-0.2, -0.15) is 0 Å². The molecule has 0 N–H and O–H groups in total. The topological polar surface area (TPSA) is 15.8 Å². The summed E-state index contributed by atoms with van der Waals surface area (Å²) in [6.07, 6.45) is 6.12. The van der Waals surface area contributed by atoms with Crippen LogP contribution >= 0.6 is 0 Å². The van der Waals surface area contributed by atoms with Gasteiger partial charge < -0.3 is 9.64 Å². The Balaban J connectivity index is 1.88. The van der Waals surface area contributed by atoms with Gasteiger partial charge in [-0.1, -0.05) is 18.6 Å². The molecule has 0 aromatic heterocycles. The quantitative estimate of drug-likeness (QED) is 0.551. The molecule has 2 saturated heterocycles. The predicted molar refractivity (Wildman–Crippen MR) is 72.1 cm³/mol. The number of ether oxygens (including phenoxy) is 1. The van der Waals surface area contributed by atoms with Gasteiger partial charge in [0.15, 0.2) is 0 Å². The summed E-state index contributed by atoms with van der Waals surface area (Å²) >= 11 is 0. The maximum absolute atomic E-state index is 5.80. The Morgan fingerprint density at radius 3 is 2.82 bits per heavy atom. The summed E-state index contributed by atoms with van der Waals surface area (Å²) in [6, 6.07) is 0. The monoisotopic (exact) mass is 237 g/mol. The molecule has 2 heterocycles. The lowest BCUT2D eigenvalue weighted by molar-refractivity contribution is 0.0647. The lowest BCUT2D eigenvalue weighted by Gasteiger charge is -2.38. The fourth-order valence-electron chi connectivity index (χ4n) is 3.14. The summed E-state index contributed by atoms with van der Waals surface area (Å²) < 4.78 is 5.80. The third kappa shape index (κ3) is 3.11. The van der Waals surface area contributed by atoms with Gasteiger partial charge in [-0.3, -0.25) is 0 Å². The Hall–Kier alpha value is -0.340. The summed E-state index contributed by atoms with van der Waals surface area (Å²) in [4.78, 5) is 2.47. The van der Waals surface area contributed by atoms with Crippen molar-refractivity contribution >= 4 is 0 Å². The average Bonchev–Trinajstić information content (AvgIpc) is 3.02. The van der Waals surface area contributed by atoms with E-state index < -0.39 is 0 Å². The van der Waals surface area contributed by atoms with E-state index in [2.05, 4.69) is 38.8 Å². The molecule has 0 amide bonds. The molecule has 2 nitrogen and oxygen atoms in total. The molecular weight excluding hydrogens is 210 g/mol. The Bertz CT molecular complexity index is 289. The molecule has 0 radical (unpaired) electrons. The Morgan fingerprint density at radius 1 is 1.53 bits per heavy atom. The molecule has 0 aliphatic carbocycles. The number of epoxide rings is 1. The van der Waals surface area contributed by atoms with Crippen molar-refractivity contribution in [1.29, 1.82) is 0 Å². The second kappa shape index (κ2) is 5.11. The van der Waals surface area contributed by atoms with Crippen molar-refractivity contribution in [1.82, 2.24) is 4.90 Å². The van der Waals surface area contributed by atoms with Crippen molar-refractivity contribution in [2.45, 2.75) is 45.6 Å². The minimum Gasteiger partial charge on any atom is -0.369 e. The van der Waals surface area contributed by atoms with E-state index >= 15 is 0 Å². The molecule has 2 heteroatoms. The highest BCUT2D eigenvalue weighted by Gasteiger charge is 2.54. The van der Waals surface area contributed by atoms with Crippen LogP contribution in [0, 0.1) is 11.8 Å². The van der Waals surface area contributed by atoms with Crippen LogP contribution in [0.3, 0.4) is 0 Å². The van der Waals surface area contributed by atoms with Gasteiger partial charge in [-0.25, -0.2) is 0 Å². The molecule has 0 aromatic carbocycles. The zero-order valence-electron chi connectivity index (χ0n) is 11.8. The Labute approximate surface area is 106 Å². The number of hydrogen-bond acceptors (Lipinski definition) is 2. The lowest BCUT2D eigenvalue weighted by Crippen LogP contribution is -2.46. The van der Waals surface area contributed by atoms with E-state index in [0.717, 1.165) is 18.4 Å². The fraction of sp³-hybridized carbons (Fsp3) is 0.867. The molecule has 1 spiro atoms. The van der Waals surface area contributed by atoms with Crippen molar-refractivity contribution in [2.75, 3.05) is 26.7 Å². The maximum atomic E-state index is 5.80. The molecule has 2 aliphatic rings. The summed E-state index contributed by atoms with van der Waals surface area (Å²) in [5.74, 6) is 1.52. The maximum Gasteiger partial charge on any atom is 0.0971 e. The number of likely N-dealkylation sites (tertiary alicyclic amines) is 1. The molecule has 2 fully saturated rings. The molecule has 98 valence electrons. The predicted octanol–water partition coefficient (Wildman–Crippen LogP) is 3.09. The van der Waals surface area contributed by atoms with Crippen LogP contribution in [-0.4, -0.2) is 37.2 Å². The van der Waals surface area contributed by atoms with E-state index in [0.29, 0.717) is 0 Å². The number of allylic oxidation sites excluding steroid dienone is 2. The minimum atomic E-state index is 0.275. The highest BCUT2D eigenvalue weighted by atomic mass is 16.6. The van der Waals surface area contributed by atoms with Crippen molar-refractivity contribution in [2.24, 2.45) is 11.8 Å². The third-order valence-corrected chi connectivity index (χ3v) is 4.48. The average molecular weight is 237 g/mol. The van der Waals surface area contributed by atoms with Crippen LogP contribution in [0.1, 0.15) is 40.0 Å². The molecule has 0 saturated carbocycles. The van der Waals surface area contributed by atoms with Crippen LogP contribution in [-0.2, 0) is 4.74 Å². The highest BCUT2D eigenvalue weighted by molar-refractivity contribution is 5.04. The molecule has 2 aliphatic heterocycles. The number of nitrogens with zero attached hydrogens (tertiary/aromatic N) is 1. The van der Waals surface area contributed by atoms with E-state index in [1.165, 1.54) is 37.9 Å². The van der Waals surface area contributed by atoms with E-state index in [4.69, 9.17) is 4.74 Å². The molecule has 17 heavy (non-hydrogen) atoms. The zero-order valence-corrected chi connectivity index (χ0v) is 11.8. The van der Waals surface area contributed by atoms with E-state index in [1.807, 2.05) is 0 Å². The van der Waals surface area contributed by atoms with Crippen molar-refractivity contribution in [3.05, 3.63) is 11.6 Å². The normalized spacial score (nSPS) is 34.7. The van der Waals surface area contributed by atoms with Gasteiger partial charge in [0.2, 0.25) is 0 Å². The molecule has 2 rings (SSSR count). The van der Waals surface area contributed by atoms with Gasteiger partial charge in [-0.15, -0.1) is 0 Å². The van der Waals surface area contributed by atoms with Crippen molar-refractivity contribution in [3.8, 4) is 0 Å². The van der Waals surface area contributed by atoms with Gasteiger partial charge in [0.25, 0.3) is 0 Å². The largest absolute Gasteiger partial charge is 0.369 e. The zero-order chi connectivity index (χ0) is 12.5. The fourth-order valence-corrected chi connectivity index (χ4v) is 3.14. The Kier molecular flexibility index (Phi) is 3.94. The first-order chi connectivity index (χ1) is 8.03. The molecular formula is C15H27NO. The Morgan fingerprint density at radius 2 is 2.24 bits per heavy atom. The van der Waals surface area contributed by atoms with E-state index in [9.17, 15) is 0 Å². The van der Waals surface area contributed by atoms with Gasteiger partial charge in [-0.05, 0) is 46.1 Å². The third-order valence-electron chi connectivity index (χ3n) is 4.48. The lowest BCUT2D eigenvalue weighted by atomic mass is 9.76. The standard InChI is InChI=1S/C15H27NO/c1-12(2)6-5-7-13(3)14-10-16(4)9-8-15(14)11-17-15/h6,13-14H,5,7-11H2,1-4H3/t13-,14+,15-/m0/s1. The number of piperidine rings is 1. The van der Waals surface area contributed by atoms with Crippen LogP contribution < -0.4 is 0 Å². The second-order valence-electron chi connectivity index (χ2n) is 6.31. The highest BCUT2D eigenvalue weighted by Crippen LogP contribution is 2.46. The van der Waals surface area contributed by atoms with Crippen LogP contribution in [0.25, 0.3) is 0 Å². The minimum absolute atomic E-state index is 0.275. The van der Waals surface area contributed by atoms with E-state index in [1.54, 1.807) is 0 Å². The second-order valence-corrected chi connectivity index (χ2v) is 6.31. The smallest absolute Gasteiger partial charge is 0.0971 e. The molecule has 3 atom stereocenters. The molecule has 0 aromatic rings. The van der Waals surface area contributed by atoms with E-state index in [-0.39, 0.29) is 5.60 Å². The first kappa shape index (κ1) is 13.1. The summed E-state index contributed by atoms with van der Waals surface area (Å²) in [7, 11) is 2.24. The summed E-state index contributed by atoms with van der Waals surface area (Å²) in [6.45, 7) is 10.2. The molecule has 0 bridgehead atoms. The SMILES string of the molecule is CC(C)=CCC[C@H](C)[C@H]1CN(C)CC[C@]12CO2. The van der Waals surface area contributed by atoms with Crippen molar-refractivity contribution in [3.63, 3.8) is 0 Å². The summed E-state index contributed by atoms with van der Waals surface area (Å²) in [5, 5.41) is 0. The van der Waals surface area contributed by atoms with Gasteiger partial charge >= 0.3 is 0 Å². The first-order valence-corrected chi connectivity index (χ1v) is 6.99. The number of hydrogen-bond donors (Lipinski definition) is 0. The first-order valence-electron chi connectivity index (χ1n) is 6.99. The number of rotatable bonds is 4. The van der Waals surface area contributed by atoms with Gasteiger partial charge in [0, 0.05) is 19.0 Å². The summed E-state index contributed by atoms with van der Waals surface area (Å²) in [5.41, 5.74) is 1.71.